The average molecular weight is 386 g/mol. The lowest BCUT2D eigenvalue weighted by atomic mass is 9.87. The van der Waals surface area contributed by atoms with Crippen LogP contribution < -0.4 is 10.1 Å². The van der Waals surface area contributed by atoms with E-state index in [0.717, 1.165) is 5.57 Å². The highest BCUT2D eigenvalue weighted by Gasteiger charge is 2.24. The molecule has 0 unspecified atom stereocenters. The molecule has 1 aromatic rings. The van der Waals surface area contributed by atoms with Crippen LogP contribution in [0.25, 0.3) is 0 Å². The topological polar surface area (TPSA) is 75.7 Å². The third-order valence-electron chi connectivity index (χ3n) is 5.02. The van der Waals surface area contributed by atoms with Gasteiger partial charge in [0.25, 0.3) is 5.91 Å². The minimum atomic E-state index is -0.426. The molecule has 0 radical (unpaired) electrons. The van der Waals surface area contributed by atoms with Gasteiger partial charge in [-0.3, -0.25) is 14.4 Å². The number of allylic oxidation sites excluding steroid dienone is 1. The monoisotopic (exact) mass is 386 g/mol. The summed E-state index contributed by atoms with van der Waals surface area (Å²) in [6.07, 6.45) is 3.15. The highest BCUT2D eigenvalue weighted by Crippen LogP contribution is 2.24. The van der Waals surface area contributed by atoms with Crippen LogP contribution in [0.5, 0.6) is 5.75 Å². The van der Waals surface area contributed by atoms with Crippen molar-refractivity contribution in [3.63, 3.8) is 0 Å². The minimum Gasteiger partial charge on any atom is -0.427 e. The number of rotatable bonds is 4. The summed E-state index contributed by atoms with van der Waals surface area (Å²) in [6.45, 7) is 10.8. The number of likely N-dealkylation sites (tertiary alicyclic amines) is 1. The molecule has 0 bridgehead atoms. The second-order valence-electron chi connectivity index (χ2n) is 8.27. The molecule has 2 amide bonds. The molecule has 0 atom stereocenters. The Morgan fingerprint density at radius 1 is 1.14 bits per heavy atom. The lowest BCUT2D eigenvalue weighted by Gasteiger charge is -2.32. The standard InChI is InChI=1S/C22H30N2O4/c1-15(22(3,4)5)13-20(26)24-11-9-18(10-12-24)23-21(27)17-7-6-8-19(14-17)28-16(2)25/h6-8,13-14,18H,9-12H2,1-5H3,(H,23,27)/b15-13+. The quantitative estimate of drug-likeness (QED) is 0.489. The van der Waals surface area contributed by atoms with Gasteiger partial charge < -0.3 is 15.0 Å². The first-order valence-corrected chi connectivity index (χ1v) is 9.63. The smallest absolute Gasteiger partial charge is 0.308 e. The van der Waals surface area contributed by atoms with E-state index < -0.39 is 5.97 Å². The van der Waals surface area contributed by atoms with Gasteiger partial charge in [0.05, 0.1) is 0 Å². The molecule has 152 valence electrons. The SMILES string of the molecule is CC(=O)Oc1cccc(C(=O)NC2CCN(C(=O)/C=C(\C)C(C)(C)C)CC2)c1. The molecule has 1 fully saturated rings. The molecule has 28 heavy (non-hydrogen) atoms. The first-order chi connectivity index (χ1) is 13.1. The summed E-state index contributed by atoms with van der Waals surface area (Å²) < 4.78 is 5.02. The number of nitrogens with one attached hydrogen (secondary N) is 1. The Morgan fingerprint density at radius 2 is 1.79 bits per heavy atom. The molecular weight excluding hydrogens is 356 g/mol. The van der Waals surface area contributed by atoms with Crippen LogP contribution in [0.15, 0.2) is 35.9 Å². The molecule has 1 saturated heterocycles. The molecule has 0 spiro atoms. The van der Waals surface area contributed by atoms with Gasteiger partial charge in [-0.2, -0.15) is 0 Å². The van der Waals surface area contributed by atoms with Gasteiger partial charge in [-0.15, -0.1) is 0 Å². The van der Waals surface area contributed by atoms with Crippen LogP contribution in [0.3, 0.4) is 0 Å². The normalized spacial score (nSPS) is 15.9. The number of benzene rings is 1. The fourth-order valence-electron chi connectivity index (χ4n) is 2.87. The van der Waals surface area contributed by atoms with Crippen LogP contribution in [-0.4, -0.2) is 41.8 Å². The van der Waals surface area contributed by atoms with Crippen molar-refractivity contribution in [1.82, 2.24) is 10.2 Å². The summed E-state index contributed by atoms with van der Waals surface area (Å²) in [5, 5.41) is 3.01. The maximum atomic E-state index is 12.5. The number of piperidine rings is 1. The highest BCUT2D eigenvalue weighted by atomic mass is 16.5. The zero-order valence-electron chi connectivity index (χ0n) is 17.4. The van der Waals surface area contributed by atoms with E-state index in [1.165, 1.54) is 6.92 Å². The Kier molecular flexibility index (Phi) is 7.00. The van der Waals surface area contributed by atoms with Crippen molar-refractivity contribution in [3.05, 3.63) is 41.5 Å². The second-order valence-corrected chi connectivity index (χ2v) is 8.27. The number of nitrogens with zero attached hydrogens (tertiary/aromatic N) is 1. The lowest BCUT2D eigenvalue weighted by molar-refractivity contribution is -0.132. The summed E-state index contributed by atoms with van der Waals surface area (Å²) in [5.74, 6) is -0.250. The van der Waals surface area contributed by atoms with Gasteiger partial charge in [0, 0.05) is 37.7 Å². The van der Waals surface area contributed by atoms with Crippen molar-refractivity contribution < 1.29 is 19.1 Å². The number of ether oxygens (including phenoxy) is 1. The molecule has 1 N–H and O–H groups in total. The fourth-order valence-corrected chi connectivity index (χ4v) is 2.87. The first kappa shape index (κ1) is 21.7. The van der Waals surface area contributed by atoms with Crippen LogP contribution in [0.1, 0.15) is 57.8 Å². The Hall–Kier alpha value is -2.63. The van der Waals surface area contributed by atoms with Crippen molar-refractivity contribution in [2.24, 2.45) is 5.41 Å². The predicted molar refractivity (Wildman–Crippen MR) is 108 cm³/mol. The van der Waals surface area contributed by atoms with Crippen molar-refractivity contribution in [1.29, 1.82) is 0 Å². The molecule has 0 aliphatic carbocycles. The summed E-state index contributed by atoms with van der Waals surface area (Å²) in [5.41, 5.74) is 1.48. The van der Waals surface area contributed by atoms with Gasteiger partial charge in [0.2, 0.25) is 5.91 Å². The highest BCUT2D eigenvalue weighted by molar-refractivity contribution is 5.95. The maximum Gasteiger partial charge on any atom is 0.308 e. The molecule has 2 rings (SSSR count). The van der Waals surface area contributed by atoms with E-state index in [2.05, 4.69) is 26.1 Å². The molecular formula is C22H30N2O4. The molecule has 0 aromatic heterocycles. The third kappa shape index (κ3) is 6.22. The number of amides is 2. The predicted octanol–water partition coefficient (Wildman–Crippen LogP) is 3.33. The summed E-state index contributed by atoms with van der Waals surface area (Å²) in [7, 11) is 0. The van der Waals surface area contributed by atoms with Crippen LogP contribution in [0.4, 0.5) is 0 Å². The molecule has 1 aliphatic rings. The molecule has 1 aromatic carbocycles. The van der Waals surface area contributed by atoms with E-state index in [1.54, 1.807) is 30.3 Å². The Labute approximate surface area is 166 Å². The van der Waals surface area contributed by atoms with Crippen molar-refractivity contribution in [2.45, 2.75) is 53.5 Å². The Bertz CT molecular complexity index is 769. The minimum absolute atomic E-state index is 0.0154. The summed E-state index contributed by atoms with van der Waals surface area (Å²) in [4.78, 5) is 37.8. The number of hydrogen-bond donors (Lipinski definition) is 1. The van der Waals surface area contributed by atoms with Crippen molar-refractivity contribution in [2.75, 3.05) is 13.1 Å². The van der Waals surface area contributed by atoms with E-state index in [0.29, 0.717) is 37.2 Å². The lowest BCUT2D eigenvalue weighted by Crippen LogP contribution is -2.46. The largest absolute Gasteiger partial charge is 0.427 e. The fraction of sp³-hybridized carbons (Fsp3) is 0.500. The van der Waals surface area contributed by atoms with Gasteiger partial charge in [0.15, 0.2) is 0 Å². The number of carbonyl (C=O) groups excluding carboxylic acids is 3. The molecule has 1 aliphatic heterocycles. The van der Waals surface area contributed by atoms with Gasteiger partial charge in [0.1, 0.15) is 5.75 Å². The molecule has 6 nitrogen and oxygen atoms in total. The van der Waals surface area contributed by atoms with Gasteiger partial charge in [-0.05, 0) is 43.4 Å². The van der Waals surface area contributed by atoms with E-state index in [1.807, 2.05) is 11.8 Å². The number of hydrogen-bond acceptors (Lipinski definition) is 4. The Morgan fingerprint density at radius 3 is 2.36 bits per heavy atom. The van der Waals surface area contributed by atoms with E-state index in [-0.39, 0.29) is 23.3 Å². The second kappa shape index (κ2) is 9.04. The zero-order chi connectivity index (χ0) is 20.9. The van der Waals surface area contributed by atoms with Crippen LogP contribution >= 0.6 is 0 Å². The van der Waals surface area contributed by atoms with Gasteiger partial charge in [-0.1, -0.05) is 32.4 Å². The number of carbonyl (C=O) groups is 3. The summed E-state index contributed by atoms with van der Waals surface area (Å²) in [6, 6.07) is 6.56. The third-order valence-corrected chi connectivity index (χ3v) is 5.02. The number of esters is 1. The van der Waals surface area contributed by atoms with Crippen molar-refractivity contribution in [3.8, 4) is 5.75 Å². The molecule has 0 saturated carbocycles. The average Bonchev–Trinajstić information content (AvgIpc) is 2.61. The van der Waals surface area contributed by atoms with Gasteiger partial charge in [-0.25, -0.2) is 0 Å². The van der Waals surface area contributed by atoms with Crippen LogP contribution in [-0.2, 0) is 9.59 Å². The molecule has 1 heterocycles. The molecule has 6 heteroatoms. The zero-order valence-corrected chi connectivity index (χ0v) is 17.4. The van der Waals surface area contributed by atoms with Crippen molar-refractivity contribution >= 4 is 17.8 Å². The Balaban J connectivity index is 1.89. The summed E-state index contributed by atoms with van der Waals surface area (Å²) >= 11 is 0. The van der Waals surface area contributed by atoms with E-state index >= 15 is 0 Å². The van der Waals surface area contributed by atoms with E-state index in [9.17, 15) is 14.4 Å². The maximum absolute atomic E-state index is 12.5. The van der Waals surface area contributed by atoms with Crippen LogP contribution in [0, 0.1) is 5.41 Å². The van der Waals surface area contributed by atoms with Gasteiger partial charge >= 0.3 is 5.97 Å². The van der Waals surface area contributed by atoms with E-state index in [4.69, 9.17) is 4.74 Å². The first-order valence-electron chi connectivity index (χ1n) is 9.63. The van der Waals surface area contributed by atoms with Crippen LogP contribution in [0.2, 0.25) is 0 Å².